The zero-order valence-corrected chi connectivity index (χ0v) is 9.77. The normalized spacial score (nSPS) is 13.2. The van der Waals surface area contributed by atoms with Crippen LogP contribution in [0.2, 0.25) is 0 Å². The SMILES string of the molecule is CCc1cccc2c(C(O)CN)cn(C)c12. The molecule has 3 N–H and O–H groups in total. The zero-order valence-electron chi connectivity index (χ0n) is 9.77. The molecular weight excluding hydrogens is 200 g/mol. The first-order chi connectivity index (χ1) is 7.69. The van der Waals surface area contributed by atoms with E-state index in [0.29, 0.717) is 0 Å². The van der Waals surface area contributed by atoms with Gasteiger partial charge in [-0.3, -0.25) is 0 Å². The molecule has 16 heavy (non-hydrogen) atoms. The van der Waals surface area contributed by atoms with Crippen LogP contribution < -0.4 is 5.73 Å². The van der Waals surface area contributed by atoms with Gasteiger partial charge in [-0.25, -0.2) is 0 Å². The summed E-state index contributed by atoms with van der Waals surface area (Å²) in [6, 6.07) is 6.21. The minimum atomic E-state index is -0.573. The molecule has 1 atom stereocenters. The highest BCUT2D eigenvalue weighted by atomic mass is 16.3. The molecule has 0 saturated carbocycles. The maximum atomic E-state index is 9.87. The van der Waals surface area contributed by atoms with E-state index in [-0.39, 0.29) is 6.54 Å². The second-order valence-electron chi connectivity index (χ2n) is 4.11. The summed E-state index contributed by atoms with van der Waals surface area (Å²) in [6.07, 6.45) is 2.39. The average molecular weight is 218 g/mol. The second kappa shape index (κ2) is 4.28. The third-order valence-electron chi connectivity index (χ3n) is 3.08. The lowest BCUT2D eigenvalue weighted by Gasteiger charge is -2.06. The summed E-state index contributed by atoms with van der Waals surface area (Å²) in [5.41, 5.74) is 8.94. The molecule has 1 aromatic carbocycles. The van der Waals surface area contributed by atoms with Gasteiger partial charge in [-0.2, -0.15) is 0 Å². The summed E-state index contributed by atoms with van der Waals surface area (Å²) in [5, 5.41) is 11.0. The molecule has 0 radical (unpaired) electrons. The van der Waals surface area contributed by atoms with E-state index >= 15 is 0 Å². The molecule has 1 unspecified atom stereocenters. The van der Waals surface area contributed by atoms with Gasteiger partial charge in [0.1, 0.15) is 0 Å². The third-order valence-corrected chi connectivity index (χ3v) is 3.08. The number of benzene rings is 1. The average Bonchev–Trinajstić information content (AvgIpc) is 2.66. The Labute approximate surface area is 95.5 Å². The molecule has 0 spiro atoms. The lowest BCUT2D eigenvalue weighted by molar-refractivity contribution is 0.188. The van der Waals surface area contributed by atoms with Crippen LogP contribution in [-0.4, -0.2) is 16.2 Å². The Hall–Kier alpha value is -1.32. The van der Waals surface area contributed by atoms with E-state index in [9.17, 15) is 5.11 Å². The number of nitrogens with two attached hydrogens (primary N) is 1. The van der Waals surface area contributed by atoms with Gasteiger partial charge in [-0.05, 0) is 12.0 Å². The molecule has 86 valence electrons. The maximum absolute atomic E-state index is 9.87. The summed E-state index contributed by atoms with van der Waals surface area (Å²) in [4.78, 5) is 0. The molecule has 0 amide bonds. The van der Waals surface area contributed by atoms with Crippen LogP contribution in [0.1, 0.15) is 24.2 Å². The van der Waals surface area contributed by atoms with Crippen molar-refractivity contribution >= 4 is 10.9 Å². The van der Waals surface area contributed by atoms with Crippen molar-refractivity contribution in [1.29, 1.82) is 0 Å². The number of aryl methyl sites for hydroxylation is 2. The quantitative estimate of drug-likeness (QED) is 0.824. The van der Waals surface area contributed by atoms with Crippen molar-refractivity contribution < 1.29 is 5.11 Å². The van der Waals surface area contributed by atoms with Gasteiger partial charge >= 0.3 is 0 Å². The Kier molecular flexibility index (Phi) is 2.99. The number of fused-ring (bicyclic) bond motifs is 1. The summed E-state index contributed by atoms with van der Waals surface area (Å²) in [7, 11) is 2.01. The van der Waals surface area contributed by atoms with E-state index in [2.05, 4.69) is 17.6 Å². The molecule has 0 bridgehead atoms. The molecule has 3 nitrogen and oxygen atoms in total. The molecule has 2 rings (SSSR count). The van der Waals surface area contributed by atoms with Crippen LogP contribution in [0.5, 0.6) is 0 Å². The molecule has 0 saturated heterocycles. The number of hydrogen-bond acceptors (Lipinski definition) is 2. The molecule has 0 fully saturated rings. The van der Waals surface area contributed by atoms with Crippen molar-refractivity contribution in [3.05, 3.63) is 35.5 Å². The van der Waals surface area contributed by atoms with Gasteiger partial charge < -0.3 is 15.4 Å². The molecule has 0 aliphatic heterocycles. The van der Waals surface area contributed by atoms with Gasteiger partial charge in [0.05, 0.1) is 11.6 Å². The Morgan fingerprint density at radius 2 is 2.19 bits per heavy atom. The number of aliphatic hydroxyl groups is 1. The number of nitrogens with zero attached hydrogens (tertiary/aromatic N) is 1. The Bertz CT molecular complexity index is 502. The summed E-state index contributed by atoms with van der Waals surface area (Å²) < 4.78 is 2.07. The van der Waals surface area contributed by atoms with Crippen LogP contribution in [0.25, 0.3) is 10.9 Å². The van der Waals surface area contributed by atoms with Gasteiger partial charge in [0, 0.05) is 30.7 Å². The van der Waals surface area contributed by atoms with Crippen molar-refractivity contribution in [2.24, 2.45) is 12.8 Å². The molecular formula is C13H18N2O. The highest BCUT2D eigenvalue weighted by Gasteiger charge is 2.14. The smallest absolute Gasteiger partial charge is 0.0932 e. The van der Waals surface area contributed by atoms with E-state index in [1.54, 1.807) is 0 Å². The molecule has 3 heteroatoms. The minimum absolute atomic E-state index is 0.259. The van der Waals surface area contributed by atoms with Gasteiger partial charge in [0.2, 0.25) is 0 Å². The van der Waals surface area contributed by atoms with E-state index < -0.39 is 6.10 Å². The van der Waals surface area contributed by atoms with E-state index in [1.807, 2.05) is 25.4 Å². The first-order valence-corrected chi connectivity index (χ1v) is 5.64. The number of hydrogen-bond donors (Lipinski definition) is 2. The lowest BCUT2D eigenvalue weighted by Crippen LogP contribution is -2.10. The molecule has 2 aromatic rings. The van der Waals surface area contributed by atoms with Crippen LogP contribution in [0, 0.1) is 0 Å². The highest BCUT2D eigenvalue weighted by molar-refractivity contribution is 5.87. The number of rotatable bonds is 3. The van der Waals surface area contributed by atoms with Crippen LogP contribution in [-0.2, 0) is 13.5 Å². The van der Waals surface area contributed by atoms with Crippen LogP contribution in [0.15, 0.2) is 24.4 Å². The summed E-state index contributed by atoms with van der Waals surface area (Å²) in [5.74, 6) is 0. The Balaban J connectivity index is 2.71. The first-order valence-electron chi connectivity index (χ1n) is 5.64. The van der Waals surface area contributed by atoms with Gasteiger partial charge in [-0.1, -0.05) is 25.1 Å². The predicted octanol–water partition coefficient (Wildman–Crippen LogP) is 1.73. The summed E-state index contributed by atoms with van der Waals surface area (Å²) in [6.45, 7) is 2.40. The molecule has 1 aromatic heterocycles. The number of aliphatic hydroxyl groups excluding tert-OH is 1. The van der Waals surface area contributed by atoms with Crippen molar-refractivity contribution in [2.45, 2.75) is 19.4 Å². The minimum Gasteiger partial charge on any atom is -0.387 e. The monoisotopic (exact) mass is 218 g/mol. The van der Waals surface area contributed by atoms with Gasteiger partial charge in [0.15, 0.2) is 0 Å². The van der Waals surface area contributed by atoms with Crippen molar-refractivity contribution in [1.82, 2.24) is 4.57 Å². The van der Waals surface area contributed by atoms with Gasteiger partial charge in [-0.15, -0.1) is 0 Å². The fraction of sp³-hybridized carbons (Fsp3) is 0.385. The van der Waals surface area contributed by atoms with Crippen molar-refractivity contribution in [3.8, 4) is 0 Å². The number of aromatic nitrogens is 1. The first kappa shape index (κ1) is 11.2. The molecule has 0 aliphatic rings. The summed E-state index contributed by atoms with van der Waals surface area (Å²) >= 11 is 0. The van der Waals surface area contributed by atoms with E-state index in [4.69, 9.17) is 5.73 Å². The molecule has 1 heterocycles. The van der Waals surface area contributed by atoms with Crippen LogP contribution in [0.4, 0.5) is 0 Å². The fourth-order valence-corrected chi connectivity index (χ4v) is 2.26. The second-order valence-corrected chi connectivity index (χ2v) is 4.11. The van der Waals surface area contributed by atoms with E-state index in [1.165, 1.54) is 11.1 Å². The number of para-hydroxylation sites is 1. The fourth-order valence-electron chi connectivity index (χ4n) is 2.26. The maximum Gasteiger partial charge on any atom is 0.0932 e. The third kappa shape index (κ3) is 1.62. The van der Waals surface area contributed by atoms with Crippen molar-refractivity contribution in [2.75, 3.05) is 6.54 Å². The van der Waals surface area contributed by atoms with E-state index in [0.717, 1.165) is 17.4 Å². The topological polar surface area (TPSA) is 51.2 Å². The highest BCUT2D eigenvalue weighted by Crippen LogP contribution is 2.28. The predicted molar refractivity (Wildman–Crippen MR) is 66.3 cm³/mol. The Morgan fingerprint density at radius 3 is 2.81 bits per heavy atom. The van der Waals surface area contributed by atoms with Crippen LogP contribution in [0.3, 0.4) is 0 Å². The lowest BCUT2D eigenvalue weighted by atomic mass is 10.0. The standard InChI is InChI=1S/C13H18N2O/c1-3-9-5-4-6-10-11(12(16)7-14)8-15(2)13(9)10/h4-6,8,12,16H,3,7,14H2,1-2H3. The zero-order chi connectivity index (χ0) is 11.7. The van der Waals surface area contributed by atoms with Crippen molar-refractivity contribution in [3.63, 3.8) is 0 Å². The van der Waals surface area contributed by atoms with Crippen LogP contribution >= 0.6 is 0 Å². The molecule has 0 aliphatic carbocycles. The Morgan fingerprint density at radius 1 is 1.44 bits per heavy atom. The van der Waals surface area contributed by atoms with Gasteiger partial charge in [0.25, 0.3) is 0 Å². The largest absolute Gasteiger partial charge is 0.387 e.